The van der Waals surface area contributed by atoms with Gasteiger partial charge in [-0.25, -0.2) is 8.42 Å². The molecule has 0 spiro atoms. The second-order valence-electron chi connectivity index (χ2n) is 7.63. The Hall–Kier alpha value is -1.97. The Morgan fingerprint density at radius 2 is 2.15 bits per heavy atom. The van der Waals surface area contributed by atoms with Gasteiger partial charge in [-0.2, -0.15) is 9.29 Å². The molecule has 8 nitrogen and oxygen atoms in total. The van der Waals surface area contributed by atoms with Crippen molar-refractivity contribution in [3.8, 4) is 5.75 Å². The van der Waals surface area contributed by atoms with Gasteiger partial charge < -0.3 is 14.4 Å². The van der Waals surface area contributed by atoms with Gasteiger partial charge in [-0.05, 0) is 30.7 Å². The van der Waals surface area contributed by atoms with Crippen LogP contribution in [0.4, 0.5) is 0 Å². The molecule has 4 rings (SSSR count). The van der Waals surface area contributed by atoms with E-state index in [0.29, 0.717) is 12.2 Å². The van der Waals surface area contributed by atoms with Crippen LogP contribution in [0.15, 0.2) is 27.6 Å². The van der Waals surface area contributed by atoms with Crippen molar-refractivity contribution in [2.45, 2.75) is 56.1 Å². The first-order chi connectivity index (χ1) is 12.7. The number of sulfonamides is 1. The molecule has 0 amide bonds. The summed E-state index contributed by atoms with van der Waals surface area (Å²) in [6.45, 7) is 5.86. The SMILES string of the molecule is CC(C)c1noc([C@@]2(O)CCN(S(=O)(=O)c3ccc4c(c3)C[C@H](C)O4)C2)n1. The fourth-order valence-electron chi connectivity index (χ4n) is 3.51. The average Bonchev–Trinajstić information content (AvgIpc) is 3.31. The third-order valence-electron chi connectivity index (χ3n) is 5.07. The minimum absolute atomic E-state index is 0.0440. The van der Waals surface area contributed by atoms with Gasteiger partial charge in [-0.15, -0.1) is 0 Å². The van der Waals surface area contributed by atoms with Gasteiger partial charge in [0.25, 0.3) is 5.89 Å². The lowest BCUT2D eigenvalue weighted by Gasteiger charge is -2.20. The average molecular weight is 393 g/mol. The predicted octanol–water partition coefficient (Wildman–Crippen LogP) is 1.80. The molecular weight excluding hydrogens is 370 g/mol. The number of benzene rings is 1. The van der Waals surface area contributed by atoms with Crippen molar-refractivity contribution < 1.29 is 22.8 Å². The lowest BCUT2D eigenvalue weighted by molar-refractivity contribution is 0.0194. The normalized spacial score (nSPS) is 25.7. The number of β-amino-alcohol motifs (C(OH)–C–C–N with tert-alkyl or cyclic N) is 1. The lowest BCUT2D eigenvalue weighted by atomic mass is 10.0. The first-order valence-electron chi connectivity index (χ1n) is 9.05. The Balaban J connectivity index is 1.58. The summed E-state index contributed by atoms with van der Waals surface area (Å²) >= 11 is 0. The van der Waals surface area contributed by atoms with Gasteiger partial charge in [0.05, 0.1) is 11.4 Å². The van der Waals surface area contributed by atoms with Crippen LogP contribution >= 0.6 is 0 Å². The Morgan fingerprint density at radius 3 is 2.85 bits per heavy atom. The molecule has 0 radical (unpaired) electrons. The van der Waals surface area contributed by atoms with E-state index in [9.17, 15) is 13.5 Å². The fraction of sp³-hybridized carbons (Fsp3) is 0.556. The number of hydrogen-bond donors (Lipinski definition) is 1. The summed E-state index contributed by atoms with van der Waals surface area (Å²) in [4.78, 5) is 4.45. The van der Waals surface area contributed by atoms with E-state index in [1.807, 2.05) is 20.8 Å². The van der Waals surface area contributed by atoms with Crippen LogP contribution < -0.4 is 4.74 Å². The van der Waals surface area contributed by atoms with Crippen molar-refractivity contribution in [3.63, 3.8) is 0 Å². The van der Waals surface area contributed by atoms with Crippen LogP contribution in [-0.2, 0) is 22.0 Å². The van der Waals surface area contributed by atoms with E-state index < -0.39 is 15.6 Å². The zero-order valence-electron chi connectivity index (χ0n) is 15.5. The minimum Gasteiger partial charge on any atom is -0.490 e. The maximum Gasteiger partial charge on any atom is 0.260 e. The van der Waals surface area contributed by atoms with Gasteiger partial charge in [0.15, 0.2) is 11.4 Å². The maximum absolute atomic E-state index is 13.1. The Morgan fingerprint density at radius 1 is 1.37 bits per heavy atom. The van der Waals surface area contributed by atoms with Crippen molar-refractivity contribution in [3.05, 3.63) is 35.5 Å². The summed E-state index contributed by atoms with van der Waals surface area (Å²) in [6.07, 6.45) is 0.933. The smallest absolute Gasteiger partial charge is 0.260 e. The highest BCUT2D eigenvalue weighted by Gasteiger charge is 2.47. The van der Waals surface area contributed by atoms with Gasteiger partial charge in [0, 0.05) is 25.3 Å². The second kappa shape index (κ2) is 6.29. The highest BCUT2D eigenvalue weighted by atomic mass is 32.2. The van der Waals surface area contributed by atoms with Crippen molar-refractivity contribution >= 4 is 10.0 Å². The van der Waals surface area contributed by atoms with Crippen molar-refractivity contribution in [1.82, 2.24) is 14.4 Å². The molecule has 1 saturated heterocycles. The number of fused-ring (bicyclic) bond motifs is 1. The van der Waals surface area contributed by atoms with Crippen LogP contribution in [0.2, 0.25) is 0 Å². The summed E-state index contributed by atoms with van der Waals surface area (Å²) < 4.78 is 38.2. The van der Waals surface area contributed by atoms with Gasteiger partial charge in [0.2, 0.25) is 10.0 Å². The molecule has 2 aromatic rings. The molecule has 2 aliphatic heterocycles. The first kappa shape index (κ1) is 18.4. The van der Waals surface area contributed by atoms with E-state index in [-0.39, 0.29) is 42.3 Å². The van der Waals surface area contributed by atoms with E-state index in [2.05, 4.69) is 10.1 Å². The van der Waals surface area contributed by atoms with E-state index in [1.165, 1.54) is 4.31 Å². The zero-order valence-corrected chi connectivity index (χ0v) is 16.4. The van der Waals surface area contributed by atoms with Crippen molar-refractivity contribution in [2.24, 2.45) is 0 Å². The third-order valence-corrected chi connectivity index (χ3v) is 6.92. The molecule has 0 bridgehead atoms. The molecule has 27 heavy (non-hydrogen) atoms. The number of aromatic nitrogens is 2. The summed E-state index contributed by atoms with van der Waals surface area (Å²) in [5.74, 6) is 1.35. The fourth-order valence-corrected chi connectivity index (χ4v) is 5.05. The Bertz CT molecular complexity index is 971. The number of aliphatic hydroxyl groups is 1. The monoisotopic (exact) mass is 393 g/mol. The predicted molar refractivity (Wildman–Crippen MR) is 95.9 cm³/mol. The van der Waals surface area contributed by atoms with Crippen LogP contribution in [-0.4, -0.2) is 47.2 Å². The van der Waals surface area contributed by atoms with E-state index >= 15 is 0 Å². The molecule has 0 saturated carbocycles. The topological polar surface area (TPSA) is 106 Å². The van der Waals surface area contributed by atoms with Gasteiger partial charge >= 0.3 is 0 Å². The van der Waals surface area contributed by atoms with E-state index in [4.69, 9.17) is 9.26 Å². The summed E-state index contributed by atoms with van der Waals surface area (Å²) in [7, 11) is -3.74. The molecule has 1 fully saturated rings. The molecular formula is C18H23N3O5S. The highest BCUT2D eigenvalue weighted by molar-refractivity contribution is 7.89. The molecule has 3 heterocycles. The first-order valence-corrected chi connectivity index (χ1v) is 10.5. The lowest BCUT2D eigenvalue weighted by Crippen LogP contribution is -2.34. The molecule has 1 aromatic carbocycles. The molecule has 2 aliphatic rings. The number of ether oxygens (including phenoxy) is 1. The van der Waals surface area contributed by atoms with Crippen LogP contribution in [0.1, 0.15) is 50.4 Å². The number of hydrogen-bond acceptors (Lipinski definition) is 7. The largest absolute Gasteiger partial charge is 0.490 e. The molecule has 0 unspecified atom stereocenters. The van der Waals surface area contributed by atoms with Crippen LogP contribution in [0.3, 0.4) is 0 Å². The van der Waals surface area contributed by atoms with Gasteiger partial charge in [-0.3, -0.25) is 0 Å². The zero-order chi connectivity index (χ0) is 19.4. The van der Waals surface area contributed by atoms with Gasteiger partial charge in [0.1, 0.15) is 11.9 Å². The van der Waals surface area contributed by atoms with Crippen molar-refractivity contribution in [1.29, 1.82) is 0 Å². The second-order valence-corrected chi connectivity index (χ2v) is 9.57. The molecule has 0 aliphatic carbocycles. The third kappa shape index (κ3) is 3.13. The molecule has 1 N–H and O–H groups in total. The van der Waals surface area contributed by atoms with Crippen LogP contribution in [0, 0.1) is 0 Å². The highest BCUT2D eigenvalue weighted by Crippen LogP contribution is 2.36. The number of nitrogens with zero attached hydrogens (tertiary/aromatic N) is 3. The summed E-state index contributed by atoms with van der Waals surface area (Å²) in [5, 5.41) is 14.8. The summed E-state index contributed by atoms with van der Waals surface area (Å²) in [6, 6.07) is 4.91. The molecule has 2 atom stereocenters. The van der Waals surface area contributed by atoms with Crippen LogP contribution in [0.25, 0.3) is 0 Å². The minimum atomic E-state index is -3.74. The van der Waals surface area contributed by atoms with Gasteiger partial charge in [-0.1, -0.05) is 19.0 Å². The Labute approximate surface area is 158 Å². The molecule has 9 heteroatoms. The Kier molecular flexibility index (Phi) is 4.28. The van der Waals surface area contributed by atoms with E-state index in [0.717, 1.165) is 11.3 Å². The molecule has 1 aromatic heterocycles. The quantitative estimate of drug-likeness (QED) is 0.844. The molecule has 146 valence electrons. The number of rotatable bonds is 4. The summed E-state index contributed by atoms with van der Waals surface area (Å²) in [5.41, 5.74) is -0.585. The van der Waals surface area contributed by atoms with E-state index in [1.54, 1.807) is 18.2 Å². The maximum atomic E-state index is 13.1. The van der Waals surface area contributed by atoms with Crippen LogP contribution in [0.5, 0.6) is 5.75 Å². The van der Waals surface area contributed by atoms with Crippen molar-refractivity contribution in [2.75, 3.05) is 13.1 Å². The standard InChI is InChI=1S/C18H23N3O5S/c1-11(2)16-19-17(26-20-16)18(22)6-7-21(10-18)27(23,24)14-4-5-15-13(9-14)8-12(3)25-15/h4-5,9,11-12,22H,6-8,10H2,1-3H3/t12-,18+/m0/s1.